The van der Waals surface area contributed by atoms with E-state index in [4.69, 9.17) is 0 Å². The van der Waals surface area contributed by atoms with E-state index in [0.717, 1.165) is 12.0 Å². The maximum atomic E-state index is 13.7. The molecule has 1 unspecified atom stereocenters. The Kier molecular flexibility index (Phi) is 4.58. The number of anilines is 1. The van der Waals surface area contributed by atoms with E-state index in [1.165, 1.54) is 6.07 Å². The molecule has 0 saturated heterocycles. The molecule has 0 aliphatic rings. The minimum atomic E-state index is -0.144. The fraction of sp³-hybridized carbons (Fsp3) is 0.500. The van der Waals surface area contributed by atoms with Crippen LogP contribution in [0.5, 0.6) is 0 Å². The van der Waals surface area contributed by atoms with E-state index in [1.807, 2.05) is 18.0 Å². The topological polar surface area (TPSA) is 3.24 Å². The third-order valence-electron chi connectivity index (χ3n) is 2.82. The predicted octanol–water partition coefficient (Wildman–Crippen LogP) is 3.96. The van der Waals surface area contributed by atoms with E-state index in [0.29, 0.717) is 17.1 Å². The van der Waals surface area contributed by atoms with Gasteiger partial charge in [-0.25, -0.2) is 4.39 Å². The van der Waals surface area contributed by atoms with Gasteiger partial charge in [0.05, 0.1) is 5.69 Å². The van der Waals surface area contributed by atoms with Gasteiger partial charge in [0.15, 0.2) is 0 Å². The Morgan fingerprint density at radius 1 is 1.47 bits per heavy atom. The predicted molar refractivity (Wildman–Crippen MR) is 67.2 cm³/mol. The monoisotopic (exact) mass is 273 g/mol. The highest BCUT2D eigenvalue weighted by atomic mass is 79.9. The Morgan fingerprint density at radius 2 is 2.13 bits per heavy atom. The number of rotatable bonds is 4. The van der Waals surface area contributed by atoms with Gasteiger partial charge in [0.25, 0.3) is 0 Å². The lowest BCUT2D eigenvalue weighted by molar-refractivity contribution is 0.597. The van der Waals surface area contributed by atoms with Crippen molar-refractivity contribution in [2.45, 2.75) is 31.6 Å². The van der Waals surface area contributed by atoms with Crippen LogP contribution in [0.4, 0.5) is 10.1 Å². The van der Waals surface area contributed by atoms with Gasteiger partial charge in [-0.3, -0.25) is 0 Å². The molecule has 0 radical (unpaired) electrons. The number of benzene rings is 1. The van der Waals surface area contributed by atoms with Gasteiger partial charge in [0, 0.05) is 18.4 Å². The summed E-state index contributed by atoms with van der Waals surface area (Å²) in [6.45, 7) is 4.21. The Hall–Kier alpha value is -0.570. The number of para-hydroxylation sites is 1. The summed E-state index contributed by atoms with van der Waals surface area (Å²) < 4.78 is 13.7. The second-order valence-corrected chi connectivity index (χ2v) is 4.31. The molecular weight excluding hydrogens is 257 g/mol. The van der Waals surface area contributed by atoms with Crippen molar-refractivity contribution in [3.8, 4) is 0 Å². The number of nitrogens with zero attached hydrogens (tertiary/aromatic N) is 1. The first kappa shape index (κ1) is 12.5. The summed E-state index contributed by atoms with van der Waals surface area (Å²) in [5.74, 6) is -0.144. The van der Waals surface area contributed by atoms with Gasteiger partial charge in [0.2, 0.25) is 0 Å². The maximum Gasteiger partial charge on any atom is 0.146 e. The molecule has 0 aromatic heterocycles. The van der Waals surface area contributed by atoms with Gasteiger partial charge in [-0.1, -0.05) is 35.0 Å². The number of hydrogen-bond acceptors (Lipinski definition) is 1. The molecule has 0 spiro atoms. The molecule has 1 aromatic carbocycles. The van der Waals surface area contributed by atoms with E-state index in [9.17, 15) is 4.39 Å². The molecule has 0 bridgehead atoms. The van der Waals surface area contributed by atoms with Crippen molar-refractivity contribution in [2.24, 2.45) is 0 Å². The van der Waals surface area contributed by atoms with Crippen LogP contribution in [0.15, 0.2) is 18.2 Å². The third-order valence-corrected chi connectivity index (χ3v) is 3.42. The molecule has 3 heteroatoms. The highest BCUT2D eigenvalue weighted by Crippen LogP contribution is 2.27. The van der Waals surface area contributed by atoms with Gasteiger partial charge in [-0.05, 0) is 25.0 Å². The van der Waals surface area contributed by atoms with E-state index < -0.39 is 0 Å². The summed E-state index contributed by atoms with van der Waals surface area (Å²) in [6, 6.07) is 5.56. The van der Waals surface area contributed by atoms with E-state index in [1.54, 1.807) is 6.07 Å². The van der Waals surface area contributed by atoms with Crippen LogP contribution in [-0.4, -0.2) is 13.1 Å². The van der Waals surface area contributed by atoms with Crippen LogP contribution in [0.2, 0.25) is 0 Å². The van der Waals surface area contributed by atoms with Crippen molar-refractivity contribution in [1.29, 1.82) is 0 Å². The van der Waals surface area contributed by atoms with Gasteiger partial charge >= 0.3 is 0 Å². The van der Waals surface area contributed by atoms with Crippen molar-refractivity contribution in [1.82, 2.24) is 0 Å². The molecule has 0 fully saturated rings. The lowest BCUT2D eigenvalue weighted by Crippen LogP contribution is -2.29. The molecule has 1 aromatic rings. The van der Waals surface area contributed by atoms with Gasteiger partial charge in [-0.2, -0.15) is 0 Å². The number of alkyl halides is 1. The molecule has 0 aliphatic heterocycles. The van der Waals surface area contributed by atoms with Crippen molar-refractivity contribution in [2.75, 3.05) is 11.9 Å². The van der Waals surface area contributed by atoms with Crippen LogP contribution in [0, 0.1) is 5.82 Å². The van der Waals surface area contributed by atoms with E-state index >= 15 is 0 Å². The normalized spacial score (nSPS) is 12.6. The van der Waals surface area contributed by atoms with Crippen LogP contribution >= 0.6 is 15.9 Å². The summed E-state index contributed by atoms with van der Waals surface area (Å²) in [5.41, 5.74) is 1.71. The molecule has 84 valence electrons. The summed E-state index contributed by atoms with van der Waals surface area (Å²) >= 11 is 3.39. The maximum absolute atomic E-state index is 13.7. The molecule has 1 atom stereocenters. The third kappa shape index (κ3) is 2.71. The van der Waals surface area contributed by atoms with Crippen LogP contribution in [0.3, 0.4) is 0 Å². The standard InChI is InChI=1S/C12H17BrFN/c1-4-9(2)15(3)12-10(8-13)6-5-7-11(12)14/h5-7,9H,4,8H2,1-3H3. The lowest BCUT2D eigenvalue weighted by Gasteiger charge is -2.28. The van der Waals surface area contributed by atoms with Crippen LogP contribution < -0.4 is 4.90 Å². The molecule has 0 heterocycles. The molecule has 0 saturated carbocycles. The fourth-order valence-corrected chi connectivity index (χ4v) is 2.01. The Labute approximate surface area is 99.4 Å². The van der Waals surface area contributed by atoms with Crippen LogP contribution in [0.1, 0.15) is 25.8 Å². The average molecular weight is 274 g/mol. The summed E-state index contributed by atoms with van der Waals surface area (Å²) in [4.78, 5) is 2.01. The largest absolute Gasteiger partial charge is 0.369 e. The van der Waals surface area contributed by atoms with Gasteiger partial charge in [0.1, 0.15) is 5.82 Å². The van der Waals surface area contributed by atoms with E-state index in [-0.39, 0.29) is 5.82 Å². The van der Waals surface area contributed by atoms with Crippen LogP contribution in [0.25, 0.3) is 0 Å². The Bertz CT molecular complexity index is 327. The first-order chi connectivity index (χ1) is 7.11. The first-order valence-corrected chi connectivity index (χ1v) is 6.30. The molecule has 0 amide bonds. The zero-order valence-corrected chi connectivity index (χ0v) is 11.0. The minimum Gasteiger partial charge on any atom is -0.369 e. The van der Waals surface area contributed by atoms with Gasteiger partial charge < -0.3 is 4.90 Å². The number of halogens is 2. The molecule has 1 nitrogen and oxygen atoms in total. The summed E-state index contributed by atoms with van der Waals surface area (Å²) in [7, 11) is 1.94. The summed E-state index contributed by atoms with van der Waals surface area (Å²) in [6.07, 6.45) is 1.01. The summed E-state index contributed by atoms with van der Waals surface area (Å²) in [5, 5.41) is 0.681. The fourth-order valence-electron chi connectivity index (χ4n) is 1.56. The average Bonchev–Trinajstić information content (AvgIpc) is 2.26. The SMILES string of the molecule is CCC(C)N(C)c1c(F)cccc1CBr. The second kappa shape index (κ2) is 5.50. The zero-order chi connectivity index (χ0) is 11.4. The van der Waals surface area contributed by atoms with E-state index in [2.05, 4.69) is 29.8 Å². The van der Waals surface area contributed by atoms with Crippen LogP contribution in [-0.2, 0) is 5.33 Å². The van der Waals surface area contributed by atoms with Crippen molar-refractivity contribution >= 4 is 21.6 Å². The van der Waals surface area contributed by atoms with Crippen molar-refractivity contribution in [3.63, 3.8) is 0 Å². The number of hydrogen-bond donors (Lipinski definition) is 0. The Morgan fingerprint density at radius 3 is 2.67 bits per heavy atom. The first-order valence-electron chi connectivity index (χ1n) is 5.18. The molecule has 15 heavy (non-hydrogen) atoms. The van der Waals surface area contributed by atoms with Crippen molar-refractivity contribution < 1.29 is 4.39 Å². The van der Waals surface area contributed by atoms with Crippen molar-refractivity contribution in [3.05, 3.63) is 29.6 Å². The molecular formula is C12H17BrFN. The molecule has 0 aliphatic carbocycles. The Balaban J connectivity index is 3.10. The quantitative estimate of drug-likeness (QED) is 0.751. The smallest absolute Gasteiger partial charge is 0.146 e. The molecule has 1 rings (SSSR count). The molecule has 0 N–H and O–H groups in total. The highest BCUT2D eigenvalue weighted by Gasteiger charge is 2.15. The van der Waals surface area contributed by atoms with Gasteiger partial charge in [-0.15, -0.1) is 0 Å². The zero-order valence-electron chi connectivity index (χ0n) is 9.43. The lowest BCUT2D eigenvalue weighted by atomic mass is 10.1. The highest BCUT2D eigenvalue weighted by molar-refractivity contribution is 9.08. The second-order valence-electron chi connectivity index (χ2n) is 3.75. The minimum absolute atomic E-state index is 0.144.